The molecule has 2 heterocycles. The number of hydrogen-bond acceptors (Lipinski definition) is 2. The SMILES string of the molecule is CC1NCc2ccc3c4c(sc3c21)CCC=C4c1ccccc1. The van der Waals surface area contributed by atoms with Gasteiger partial charge in [-0.3, -0.25) is 0 Å². The first kappa shape index (κ1) is 13.5. The Bertz CT molecular complexity index is 933. The summed E-state index contributed by atoms with van der Waals surface area (Å²) in [5, 5.41) is 5.05. The lowest BCUT2D eigenvalue weighted by Gasteiger charge is -2.15. The lowest BCUT2D eigenvalue weighted by atomic mass is 9.89. The number of thiophene rings is 1. The third-order valence-electron chi connectivity index (χ3n) is 5.17. The zero-order valence-electron chi connectivity index (χ0n) is 13.2. The van der Waals surface area contributed by atoms with Crippen LogP contribution in [0.5, 0.6) is 0 Å². The Labute approximate surface area is 140 Å². The Kier molecular flexibility index (Phi) is 2.97. The van der Waals surface area contributed by atoms with Crippen molar-refractivity contribution in [2.24, 2.45) is 0 Å². The molecule has 1 unspecified atom stereocenters. The molecule has 0 spiro atoms. The fraction of sp³-hybridized carbons (Fsp3) is 0.238. The molecule has 1 aromatic heterocycles. The van der Waals surface area contributed by atoms with Crippen LogP contribution in [0.25, 0.3) is 15.7 Å². The first-order valence-electron chi connectivity index (χ1n) is 8.39. The number of fused-ring (bicyclic) bond motifs is 5. The van der Waals surface area contributed by atoms with Crippen LogP contribution >= 0.6 is 11.3 Å². The molecule has 1 nitrogen and oxygen atoms in total. The fourth-order valence-corrected chi connectivity index (χ4v) is 5.55. The van der Waals surface area contributed by atoms with Gasteiger partial charge in [-0.05, 0) is 42.0 Å². The maximum absolute atomic E-state index is 3.59. The van der Waals surface area contributed by atoms with Crippen LogP contribution in [-0.4, -0.2) is 0 Å². The highest BCUT2D eigenvalue weighted by atomic mass is 32.1. The van der Waals surface area contributed by atoms with E-state index in [0.29, 0.717) is 6.04 Å². The van der Waals surface area contributed by atoms with Crippen LogP contribution in [0.15, 0.2) is 48.5 Å². The lowest BCUT2D eigenvalue weighted by molar-refractivity contribution is 0.636. The van der Waals surface area contributed by atoms with Gasteiger partial charge in [0.25, 0.3) is 0 Å². The van der Waals surface area contributed by atoms with Gasteiger partial charge in [-0.1, -0.05) is 48.5 Å². The quantitative estimate of drug-likeness (QED) is 0.630. The number of allylic oxidation sites excluding steroid dienone is 1. The lowest BCUT2D eigenvalue weighted by Crippen LogP contribution is -2.07. The molecular weight excluding hydrogens is 298 g/mol. The highest BCUT2D eigenvalue weighted by Crippen LogP contribution is 2.46. The molecule has 0 fully saturated rings. The van der Waals surface area contributed by atoms with Crippen LogP contribution in [-0.2, 0) is 13.0 Å². The molecule has 114 valence electrons. The molecule has 2 aliphatic rings. The molecule has 2 heteroatoms. The van der Waals surface area contributed by atoms with E-state index in [1.165, 1.54) is 44.3 Å². The van der Waals surface area contributed by atoms with E-state index in [0.717, 1.165) is 13.0 Å². The zero-order chi connectivity index (χ0) is 15.4. The number of benzene rings is 2. The highest BCUT2D eigenvalue weighted by molar-refractivity contribution is 7.19. The molecule has 23 heavy (non-hydrogen) atoms. The molecule has 0 saturated carbocycles. The normalized spacial score (nSPS) is 19.5. The summed E-state index contributed by atoms with van der Waals surface area (Å²) in [6.45, 7) is 3.30. The predicted molar refractivity (Wildman–Crippen MR) is 98.9 cm³/mol. The summed E-state index contributed by atoms with van der Waals surface area (Å²) in [6, 6.07) is 16.0. The third-order valence-corrected chi connectivity index (χ3v) is 6.46. The first-order valence-corrected chi connectivity index (χ1v) is 9.21. The Balaban J connectivity index is 1.79. The van der Waals surface area contributed by atoms with Crippen molar-refractivity contribution in [3.05, 3.63) is 75.7 Å². The van der Waals surface area contributed by atoms with Gasteiger partial charge in [-0.2, -0.15) is 0 Å². The Morgan fingerprint density at radius 1 is 1.09 bits per heavy atom. The summed E-state index contributed by atoms with van der Waals surface area (Å²) in [7, 11) is 0. The van der Waals surface area contributed by atoms with Crippen molar-refractivity contribution < 1.29 is 0 Å². The first-order chi connectivity index (χ1) is 11.3. The third kappa shape index (κ3) is 1.95. The molecule has 0 saturated heterocycles. The maximum Gasteiger partial charge on any atom is 0.0403 e. The second-order valence-corrected chi connectivity index (χ2v) is 7.65. The second-order valence-electron chi connectivity index (χ2n) is 6.54. The van der Waals surface area contributed by atoms with E-state index in [1.807, 2.05) is 11.3 Å². The molecule has 1 N–H and O–H groups in total. The highest BCUT2D eigenvalue weighted by Gasteiger charge is 2.26. The minimum Gasteiger partial charge on any atom is -0.306 e. The van der Waals surface area contributed by atoms with E-state index in [1.54, 1.807) is 4.88 Å². The number of aryl methyl sites for hydroxylation is 1. The molecule has 0 radical (unpaired) electrons. The van der Waals surface area contributed by atoms with Crippen molar-refractivity contribution in [3.8, 4) is 0 Å². The van der Waals surface area contributed by atoms with E-state index < -0.39 is 0 Å². The number of nitrogens with one attached hydrogen (secondary N) is 1. The van der Waals surface area contributed by atoms with Gasteiger partial charge in [0, 0.05) is 33.1 Å². The van der Waals surface area contributed by atoms with Crippen LogP contribution in [0.3, 0.4) is 0 Å². The summed E-state index contributed by atoms with van der Waals surface area (Å²) < 4.78 is 1.51. The van der Waals surface area contributed by atoms with E-state index in [4.69, 9.17) is 0 Å². The average molecular weight is 317 g/mol. The van der Waals surface area contributed by atoms with Crippen LogP contribution in [0.2, 0.25) is 0 Å². The van der Waals surface area contributed by atoms with Crippen molar-refractivity contribution in [1.82, 2.24) is 5.32 Å². The van der Waals surface area contributed by atoms with E-state index >= 15 is 0 Å². The van der Waals surface area contributed by atoms with Gasteiger partial charge in [-0.15, -0.1) is 11.3 Å². The summed E-state index contributed by atoms with van der Waals surface area (Å²) in [5.41, 5.74) is 7.28. The van der Waals surface area contributed by atoms with Gasteiger partial charge in [0.05, 0.1) is 0 Å². The average Bonchev–Trinajstić information content (AvgIpc) is 3.16. The van der Waals surface area contributed by atoms with Gasteiger partial charge in [0.1, 0.15) is 0 Å². The van der Waals surface area contributed by atoms with Gasteiger partial charge < -0.3 is 5.32 Å². The van der Waals surface area contributed by atoms with Crippen LogP contribution in [0, 0.1) is 0 Å². The minimum absolute atomic E-state index is 0.470. The summed E-state index contributed by atoms with van der Waals surface area (Å²) in [6.07, 6.45) is 4.76. The van der Waals surface area contributed by atoms with Crippen molar-refractivity contribution in [3.63, 3.8) is 0 Å². The Morgan fingerprint density at radius 2 is 1.96 bits per heavy atom. The second kappa shape index (κ2) is 5.05. The van der Waals surface area contributed by atoms with Gasteiger partial charge in [-0.25, -0.2) is 0 Å². The maximum atomic E-state index is 3.59. The molecule has 3 aromatic rings. The van der Waals surface area contributed by atoms with E-state index in [-0.39, 0.29) is 0 Å². The van der Waals surface area contributed by atoms with Gasteiger partial charge in [0.15, 0.2) is 0 Å². The van der Waals surface area contributed by atoms with Crippen LogP contribution < -0.4 is 5.32 Å². The monoisotopic (exact) mass is 317 g/mol. The van der Waals surface area contributed by atoms with Crippen molar-refractivity contribution in [1.29, 1.82) is 0 Å². The summed E-state index contributed by atoms with van der Waals surface area (Å²) in [4.78, 5) is 1.56. The molecular formula is C21H19NS. The molecule has 1 aliphatic heterocycles. The predicted octanol–water partition coefficient (Wildman–Crippen LogP) is 5.44. The topological polar surface area (TPSA) is 12.0 Å². The van der Waals surface area contributed by atoms with Gasteiger partial charge in [0.2, 0.25) is 0 Å². The molecule has 0 bridgehead atoms. The van der Waals surface area contributed by atoms with E-state index in [2.05, 4.69) is 60.8 Å². The smallest absolute Gasteiger partial charge is 0.0403 e. The number of rotatable bonds is 1. The Hall–Kier alpha value is -1.90. The molecule has 0 amide bonds. The molecule has 5 rings (SSSR count). The van der Waals surface area contributed by atoms with Gasteiger partial charge >= 0.3 is 0 Å². The van der Waals surface area contributed by atoms with Crippen molar-refractivity contribution in [2.75, 3.05) is 0 Å². The molecule has 1 atom stereocenters. The fourth-order valence-electron chi connectivity index (χ4n) is 4.07. The minimum atomic E-state index is 0.470. The van der Waals surface area contributed by atoms with Crippen LogP contribution in [0.1, 0.15) is 46.5 Å². The zero-order valence-corrected chi connectivity index (χ0v) is 14.0. The number of hydrogen-bond donors (Lipinski definition) is 1. The van der Waals surface area contributed by atoms with Crippen LogP contribution in [0.4, 0.5) is 0 Å². The largest absolute Gasteiger partial charge is 0.306 e. The van der Waals surface area contributed by atoms with Crippen molar-refractivity contribution in [2.45, 2.75) is 32.4 Å². The van der Waals surface area contributed by atoms with E-state index in [9.17, 15) is 0 Å². The summed E-state index contributed by atoms with van der Waals surface area (Å²) in [5.74, 6) is 0. The summed E-state index contributed by atoms with van der Waals surface area (Å²) >= 11 is 2.03. The van der Waals surface area contributed by atoms with Crippen molar-refractivity contribution >= 4 is 27.0 Å². The molecule has 2 aromatic carbocycles. The standard InChI is InChI=1S/C21H19NS/c1-13-19-15(12-22-13)10-11-17-20-16(14-6-3-2-4-7-14)8-5-9-18(20)23-21(17)19/h2-4,6-8,10-11,13,22H,5,9,12H2,1H3. The molecule has 1 aliphatic carbocycles. The Morgan fingerprint density at radius 3 is 2.83 bits per heavy atom.